The molecule has 2 N–H and O–H groups in total. The topological polar surface area (TPSA) is 44.5 Å². The predicted octanol–water partition coefficient (Wildman–Crippen LogP) is 3.93. The van der Waals surface area contributed by atoms with E-state index < -0.39 is 0 Å². The number of benzene rings is 2. The van der Waals surface area contributed by atoms with Crippen molar-refractivity contribution in [2.75, 3.05) is 7.11 Å². The molecule has 0 radical (unpaired) electrons. The van der Waals surface area contributed by atoms with Gasteiger partial charge in [0.1, 0.15) is 6.61 Å². The second-order valence-electron chi connectivity index (χ2n) is 5.05. The fraction of sp³-hybridized carbons (Fsp3) is 0.294. The van der Waals surface area contributed by atoms with Crippen LogP contribution in [0.1, 0.15) is 18.1 Å². The molecule has 0 aliphatic heterocycles. The summed E-state index contributed by atoms with van der Waals surface area (Å²) in [7, 11) is 1.64. The number of hydrogen-bond acceptors (Lipinski definition) is 3. The summed E-state index contributed by atoms with van der Waals surface area (Å²) in [5.41, 5.74) is 8.09. The fourth-order valence-corrected chi connectivity index (χ4v) is 2.50. The standard InChI is InChI=1S/C17H20BrNO2/c1-12(19)9-13-7-8-16(20-2)17(10-13)21-11-14-5-3-4-6-15(14)18/h3-8,10,12H,9,11,19H2,1-2H3. The summed E-state index contributed by atoms with van der Waals surface area (Å²) in [6.45, 7) is 2.48. The Balaban J connectivity index is 2.15. The van der Waals surface area contributed by atoms with Gasteiger partial charge in [-0.1, -0.05) is 40.2 Å². The molecule has 0 saturated carbocycles. The van der Waals surface area contributed by atoms with Crippen LogP contribution in [0.2, 0.25) is 0 Å². The van der Waals surface area contributed by atoms with Gasteiger partial charge >= 0.3 is 0 Å². The van der Waals surface area contributed by atoms with Crippen molar-refractivity contribution < 1.29 is 9.47 Å². The second kappa shape index (κ2) is 7.48. The lowest BCUT2D eigenvalue weighted by molar-refractivity contribution is 0.283. The van der Waals surface area contributed by atoms with Crippen molar-refractivity contribution in [1.29, 1.82) is 0 Å². The molecule has 2 rings (SSSR count). The van der Waals surface area contributed by atoms with Crippen LogP contribution in [-0.2, 0) is 13.0 Å². The third kappa shape index (κ3) is 4.48. The molecule has 0 aliphatic carbocycles. The van der Waals surface area contributed by atoms with Gasteiger partial charge in [0.15, 0.2) is 11.5 Å². The minimum atomic E-state index is 0.120. The Labute approximate surface area is 134 Å². The van der Waals surface area contributed by atoms with Crippen molar-refractivity contribution in [2.45, 2.75) is 26.0 Å². The van der Waals surface area contributed by atoms with Crippen LogP contribution in [-0.4, -0.2) is 13.2 Å². The maximum absolute atomic E-state index is 5.92. The monoisotopic (exact) mass is 349 g/mol. The Kier molecular flexibility index (Phi) is 5.65. The summed E-state index contributed by atoms with van der Waals surface area (Å²) < 4.78 is 12.3. The highest BCUT2D eigenvalue weighted by Gasteiger charge is 2.08. The van der Waals surface area contributed by atoms with Gasteiger partial charge in [0.2, 0.25) is 0 Å². The second-order valence-corrected chi connectivity index (χ2v) is 5.90. The molecule has 2 aromatic rings. The lowest BCUT2D eigenvalue weighted by atomic mass is 10.1. The van der Waals surface area contributed by atoms with E-state index in [4.69, 9.17) is 15.2 Å². The summed E-state index contributed by atoms with van der Waals surface area (Å²) in [6.07, 6.45) is 0.815. The van der Waals surface area contributed by atoms with E-state index in [1.807, 2.05) is 49.4 Å². The SMILES string of the molecule is COc1ccc(CC(C)N)cc1OCc1ccccc1Br. The van der Waals surface area contributed by atoms with Crippen molar-refractivity contribution in [3.05, 3.63) is 58.1 Å². The van der Waals surface area contributed by atoms with Crippen LogP contribution in [0.15, 0.2) is 46.9 Å². The summed E-state index contributed by atoms with van der Waals surface area (Å²) in [5, 5.41) is 0. The molecule has 0 spiro atoms. The van der Waals surface area contributed by atoms with Gasteiger partial charge in [-0.2, -0.15) is 0 Å². The van der Waals surface area contributed by atoms with E-state index >= 15 is 0 Å². The predicted molar refractivity (Wildman–Crippen MR) is 88.8 cm³/mol. The van der Waals surface area contributed by atoms with Crippen LogP contribution in [0.25, 0.3) is 0 Å². The van der Waals surface area contributed by atoms with Crippen LogP contribution in [0.5, 0.6) is 11.5 Å². The molecular weight excluding hydrogens is 330 g/mol. The Morgan fingerprint density at radius 2 is 1.90 bits per heavy atom. The third-order valence-electron chi connectivity index (χ3n) is 3.13. The molecule has 1 atom stereocenters. The Hall–Kier alpha value is -1.52. The molecule has 0 heterocycles. The fourth-order valence-electron chi connectivity index (χ4n) is 2.10. The number of rotatable bonds is 6. The Morgan fingerprint density at radius 1 is 1.14 bits per heavy atom. The van der Waals surface area contributed by atoms with Gasteiger partial charge in [-0.15, -0.1) is 0 Å². The number of halogens is 1. The van der Waals surface area contributed by atoms with Gasteiger partial charge in [0.25, 0.3) is 0 Å². The molecule has 2 aromatic carbocycles. The van der Waals surface area contributed by atoms with Crippen molar-refractivity contribution >= 4 is 15.9 Å². The smallest absolute Gasteiger partial charge is 0.161 e. The van der Waals surface area contributed by atoms with Crippen LogP contribution < -0.4 is 15.2 Å². The number of nitrogens with two attached hydrogens (primary N) is 1. The lowest BCUT2D eigenvalue weighted by Gasteiger charge is -2.14. The van der Waals surface area contributed by atoms with Crippen molar-refractivity contribution in [1.82, 2.24) is 0 Å². The number of methoxy groups -OCH3 is 1. The third-order valence-corrected chi connectivity index (χ3v) is 3.90. The van der Waals surface area contributed by atoms with Gasteiger partial charge in [-0.05, 0) is 37.1 Å². The van der Waals surface area contributed by atoms with Gasteiger partial charge in [0, 0.05) is 16.1 Å². The molecule has 0 aromatic heterocycles. The molecule has 0 aliphatic rings. The van der Waals surface area contributed by atoms with Gasteiger partial charge in [-0.3, -0.25) is 0 Å². The van der Waals surface area contributed by atoms with E-state index in [1.165, 1.54) is 0 Å². The zero-order valence-corrected chi connectivity index (χ0v) is 13.9. The minimum absolute atomic E-state index is 0.120. The molecule has 4 heteroatoms. The van der Waals surface area contributed by atoms with Crippen molar-refractivity contribution in [3.8, 4) is 11.5 Å². The van der Waals surface area contributed by atoms with Gasteiger partial charge in [0.05, 0.1) is 7.11 Å². The first-order valence-electron chi connectivity index (χ1n) is 6.89. The van der Waals surface area contributed by atoms with Crippen molar-refractivity contribution in [3.63, 3.8) is 0 Å². The first kappa shape index (κ1) is 15.9. The quantitative estimate of drug-likeness (QED) is 0.859. The highest BCUT2D eigenvalue weighted by Crippen LogP contribution is 2.30. The van der Waals surface area contributed by atoms with E-state index in [2.05, 4.69) is 15.9 Å². The van der Waals surface area contributed by atoms with E-state index in [1.54, 1.807) is 7.11 Å². The normalized spacial score (nSPS) is 12.0. The molecule has 112 valence electrons. The Morgan fingerprint density at radius 3 is 2.57 bits per heavy atom. The van der Waals surface area contributed by atoms with E-state index in [9.17, 15) is 0 Å². The zero-order chi connectivity index (χ0) is 15.2. The molecule has 1 unspecified atom stereocenters. The molecule has 0 saturated heterocycles. The van der Waals surface area contributed by atoms with Crippen LogP contribution in [0, 0.1) is 0 Å². The number of ether oxygens (including phenoxy) is 2. The minimum Gasteiger partial charge on any atom is -0.493 e. The average molecular weight is 350 g/mol. The van der Waals surface area contributed by atoms with Gasteiger partial charge in [-0.25, -0.2) is 0 Å². The lowest BCUT2D eigenvalue weighted by Crippen LogP contribution is -2.17. The highest BCUT2D eigenvalue weighted by atomic mass is 79.9. The first-order chi connectivity index (χ1) is 10.1. The summed E-state index contributed by atoms with van der Waals surface area (Å²) in [4.78, 5) is 0. The molecular formula is C17H20BrNO2. The zero-order valence-electron chi connectivity index (χ0n) is 12.3. The first-order valence-corrected chi connectivity index (χ1v) is 7.68. The highest BCUT2D eigenvalue weighted by molar-refractivity contribution is 9.10. The Bertz CT molecular complexity index is 599. The summed E-state index contributed by atoms with van der Waals surface area (Å²) in [6, 6.07) is 14.1. The van der Waals surface area contributed by atoms with E-state index in [0.29, 0.717) is 6.61 Å². The molecule has 21 heavy (non-hydrogen) atoms. The number of hydrogen-bond donors (Lipinski definition) is 1. The largest absolute Gasteiger partial charge is 0.493 e. The molecule has 0 bridgehead atoms. The average Bonchev–Trinajstić information content (AvgIpc) is 2.46. The molecule has 3 nitrogen and oxygen atoms in total. The molecule has 0 fully saturated rings. The summed E-state index contributed by atoms with van der Waals surface area (Å²) >= 11 is 3.52. The van der Waals surface area contributed by atoms with E-state index in [0.717, 1.165) is 33.5 Å². The molecule has 0 amide bonds. The maximum atomic E-state index is 5.92. The van der Waals surface area contributed by atoms with Crippen molar-refractivity contribution in [2.24, 2.45) is 5.73 Å². The van der Waals surface area contributed by atoms with Crippen LogP contribution >= 0.6 is 15.9 Å². The summed E-state index contributed by atoms with van der Waals surface area (Å²) in [5.74, 6) is 1.47. The van der Waals surface area contributed by atoms with E-state index in [-0.39, 0.29) is 6.04 Å². The van der Waals surface area contributed by atoms with Crippen LogP contribution in [0.4, 0.5) is 0 Å². The maximum Gasteiger partial charge on any atom is 0.161 e. The van der Waals surface area contributed by atoms with Crippen LogP contribution in [0.3, 0.4) is 0 Å². The van der Waals surface area contributed by atoms with Gasteiger partial charge < -0.3 is 15.2 Å².